The molecule has 0 bridgehead atoms. The van der Waals surface area contributed by atoms with E-state index in [1.54, 1.807) is 6.07 Å². The van der Waals surface area contributed by atoms with E-state index in [1.165, 1.54) is 19.2 Å². The van der Waals surface area contributed by atoms with Gasteiger partial charge in [0.15, 0.2) is 11.6 Å². The molecule has 2 N–H and O–H groups in total. The Balaban J connectivity index is 2.29. The van der Waals surface area contributed by atoms with E-state index < -0.39 is 5.82 Å². The number of halogens is 1. The molecule has 0 radical (unpaired) electrons. The van der Waals surface area contributed by atoms with Gasteiger partial charge in [0.1, 0.15) is 0 Å². The maximum absolute atomic E-state index is 13.5. The van der Waals surface area contributed by atoms with Crippen molar-refractivity contribution in [3.05, 3.63) is 29.9 Å². The molecule has 0 aliphatic carbocycles. The first-order valence-corrected chi connectivity index (χ1v) is 5.11. The third-order valence-corrected chi connectivity index (χ3v) is 2.22. The number of rotatable bonds is 4. The highest BCUT2D eigenvalue weighted by Crippen LogP contribution is 2.24. The lowest BCUT2D eigenvalue weighted by Gasteiger charge is -2.01. The smallest absolute Gasteiger partial charge is 0.247 e. The molecule has 1 aromatic carbocycles. The van der Waals surface area contributed by atoms with Gasteiger partial charge in [0.2, 0.25) is 11.8 Å². The predicted molar refractivity (Wildman–Crippen MR) is 59.0 cm³/mol. The van der Waals surface area contributed by atoms with Gasteiger partial charge in [-0.2, -0.15) is 0 Å². The van der Waals surface area contributed by atoms with Crippen molar-refractivity contribution < 1.29 is 13.5 Å². The Bertz CT molecular complexity index is 513. The Hall–Kier alpha value is -1.95. The average molecular weight is 237 g/mol. The molecule has 0 atom stereocenters. The molecule has 5 nitrogen and oxygen atoms in total. The Morgan fingerprint density at radius 1 is 1.41 bits per heavy atom. The molecule has 6 heteroatoms. The highest BCUT2D eigenvalue weighted by molar-refractivity contribution is 5.54. The first-order valence-electron chi connectivity index (χ1n) is 5.11. The van der Waals surface area contributed by atoms with Crippen LogP contribution in [-0.2, 0) is 6.42 Å². The van der Waals surface area contributed by atoms with E-state index >= 15 is 0 Å². The normalized spacial score (nSPS) is 10.5. The van der Waals surface area contributed by atoms with Crippen molar-refractivity contribution in [3.8, 4) is 17.2 Å². The highest BCUT2D eigenvalue weighted by atomic mass is 19.1. The number of benzene rings is 1. The van der Waals surface area contributed by atoms with Gasteiger partial charge in [-0.05, 0) is 18.2 Å². The zero-order valence-corrected chi connectivity index (χ0v) is 9.31. The fraction of sp³-hybridized carbons (Fsp3) is 0.273. The SMILES string of the molecule is COc1ccc(-c2nnc(CCN)o2)cc1F. The van der Waals surface area contributed by atoms with Gasteiger partial charge in [0.05, 0.1) is 7.11 Å². The van der Waals surface area contributed by atoms with Gasteiger partial charge in [0.25, 0.3) is 0 Å². The number of hydrogen-bond acceptors (Lipinski definition) is 5. The monoisotopic (exact) mass is 237 g/mol. The van der Waals surface area contributed by atoms with E-state index in [4.69, 9.17) is 14.9 Å². The summed E-state index contributed by atoms with van der Waals surface area (Å²) in [5, 5.41) is 7.63. The van der Waals surface area contributed by atoms with Gasteiger partial charge in [-0.1, -0.05) is 0 Å². The summed E-state index contributed by atoms with van der Waals surface area (Å²) in [5.41, 5.74) is 5.88. The lowest BCUT2D eigenvalue weighted by Crippen LogP contribution is -2.02. The molecule has 17 heavy (non-hydrogen) atoms. The average Bonchev–Trinajstić information content (AvgIpc) is 2.78. The van der Waals surface area contributed by atoms with Crippen molar-refractivity contribution in [1.82, 2.24) is 10.2 Å². The van der Waals surface area contributed by atoms with Crippen LogP contribution in [0.4, 0.5) is 4.39 Å². The molecule has 0 saturated carbocycles. The molecule has 90 valence electrons. The Morgan fingerprint density at radius 3 is 2.88 bits per heavy atom. The van der Waals surface area contributed by atoms with Crippen molar-refractivity contribution in [2.75, 3.05) is 13.7 Å². The Morgan fingerprint density at radius 2 is 2.24 bits per heavy atom. The Labute approximate surface area is 97.4 Å². The summed E-state index contributed by atoms with van der Waals surface area (Å²) in [6.07, 6.45) is 0.506. The summed E-state index contributed by atoms with van der Waals surface area (Å²) in [4.78, 5) is 0. The molecule has 0 saturated heterocycles. The van der Waals surface area contributed by atoms with Gasteiger partial charge in [0, 0.05) is 18.5 Å². The summed E-state index contributed by atoms with van der Waals surface area (Å²) in [5.74, 6) is 0.424. The minimum Gasteiger partial charge on any atom is -0.494 e. The first kappa shape index (κ1) is 11.5. The third-order valence-electron chi connectivity index (χ3n) is 2.22. The summed E-state index contributed by atoms with van der Waals surface area (Å²) in [7, 11) is 1.41. The van der Waals surface area contributed by atoms with E-state index in [2.05, 4.69) is 10.2 Å². The second-order valence-electron chi connectivity index (χ2n) is 3.39. The van der Waals surface area contributed by atoms with Crippen LogP contribution in [0.25, 0.3) is 11.5 Å². The molecular formula is C11H12FN3O2. The summed E-state index contributed by atoms with van der Waals surface area (Å²) >= 11 is 0. The number of methoxy groups -OCH3 is 1. The number of hydrogen-bond donors (Lipinski definition) is 1. The summed E-state index contributed by atoms with van der Waals surface area (Å²) in [6, 6.07) is 4.46. The van der Waals surface area contributed by atoms with E-state index in [-0.39, 0.29) is 11.6 Å². The van der Waals surface area contributed by atoms with Gasteiger partial charge in [-0.25, -0.2) is 4.39 Å². The van der Waals surface area contributed by atoms with Crippen molar-refractivity contribution >= 4 is 0 Å². The van der Waals surface area contributed by atoms with Gasteiger partial charge in [-0.15, -0.1) is 10.2 Å². The number of nitrogens with zero attached hydrogens (tertiary/aromatic N) is 2. The molecular weight excluding hydrogens is 225 g/mol. The topological polar surface area (TPSA) is 74.2 Å². The molecule has 1 aromatic heterocycles. The molecule has 2 rings (SSSR count). The van der Waals surface area contributed by atoms with Crippen LogP contribution in [-0.4, -0.2) is 23.9 Å². The summed E-state index contributed by atoms with van der Waals surface area (Å²) < 4.78 is 23.6. The molecule has 0 fully saturated rings. The second kappa shape index (κ2) is 4.92. The van der Waals surface area contributed by atoms with Crippen molar-refractivity contribution in [2.45, 2.75) is 6.42 Å². The fourth-order valence-electron chi connectivity index (χ4n) is 1.39. The molecule has 1 heterocycles. The molecule has 2 aromatic rings. The minimum atomic E-state index is -0.469. The molecule has 0 unspecified atom stereocenters. The van der Waals surface area contributed by atoms with E-state index in [9.17, 15) is 4.39 Å². The second-order valence-corrected chi connectivity index (χ2v) is 3.39. The van der Waals surface area contributed by atoms with Crippen LogP contribution in [0.5, 0.6) is 5.75 Å². The van der Waals surface area contributed by atoms with E-state index in [0.717, 1.165) is 0 Å². The van der Waals surface area contributed by atoms with Crippen LogP contribution in [0.1, 0.15) is 5.89 Å². The molecule has 0 spiro atoms. The number of aromatic nitrogens is 2. The maximum atomic E-state index is 13.5. The standard InChI is InChI=1S/C11H12FN3O2/c1-16-9-3-2-7(6-8(9)12)11-15-14-10(17-11)4-5-13/h2-3,6H,4-5,13H2,1H3. The molecule has 0 amide bonds. The van der Waals surface area contributed by atoms with Crippen molar-refractivity contribution in [1.29, 1.82) is 0 Å². The molecule has 0 aliphatic heterocycles. The van der Waals surface area contributed by atoms with Gasteiger partial charge in [-0.3, -0.25) is 0 Å². The van der Waals surface area contributed by atoms with E-state index in [1.807, 2.05) is 0 Å². The van der Waals surface area contributed by atoms with Crippen LogP contribution in [0, 0.1) is 5.82 Å². The lowest BCUT2D eigenvalue weighted by atomic mass is 10.2. The van der Waals surface area contributed by atoms with Crippen LogP contribution in [0.2, 0.25) is 0 Å². The summed E-state index contributed by atoms with van der Waals surface area (Å²) in [6.45, 7) is 0.429. The predicted octanol–water partition coefficient (Wildman–Crippen LogP) is 1.39. The largest absolute Gasteiger partial charge is 0.494 e. The van der Waals surface area contributed by atoms with E-state index in [0.29, 0.717) is 24.4 Å². The quantitative estimate of drug-likeness (QED) is 0.869. The van der Waals surface area contributed by atoms with Crippen LogP contribution in [0.15, 0.2) is 22.6 Å². The fourth-order valence-corrected chi connectivity index (χ4v) is 1.39. The highest BCUT2D eigenvalue weighted by Gasteiger charge is 2.11. The van der Waals surface area contributed by atoms with Gasteiger partial charge >= 0.3 is 0 Å². The van der Waals surface area contributed by atoms with Crippen LogP contribution in [0.3, 0.4) is 0 Å². The van der Waals surface area contributed by atoms with Crippen molar-refractivity contribution in [2.24, 2.45) is 5.73 Å². The Kier molecular flexibility index (Phi) is 3.34. The van der Waals surface area contributed by atoms with Gasteiger partial charge < -0.3 is 14.9 Å². The lowest BCUT2D eigenvalue weighted by molar-refractivity contribution is 0.386. The van der Waals surface area contributed by atoms with Crippen LogP contribution < -0.4 is 10.5 Å². The third kappa shape index (κ3) is 2.42. The maximum Gasteiger partial charge on any atom is 0.247 e. The first-order chi connectivity index (χ1) is 8.24. The number of ether oxygens (including phenoxy) is 1. The molecule has 0 aliphatic rings. The van der Waals surface area contributed by atoms with Crippen LogP contribution >= 0.6 is 0 Å². The van der Waals surface area contributed by atoms with Crippen molar-refractivity contribution in [3.63, 3.8) is 0 Å². The minimum absolute atomic E-state index is 0.176. The number of nitrogens with two attached hydrogens (primary N) is 1. The zero-order valence-electron chi connectivity index (χ0n) is 9.31. The zero-order chi connectivity index (χ0) is 12.3.